The summed E-state index contributed by atoms with van der Waals surface area (Å²) in [6.45, 7) is 10.2. The molecule has 2 heterocycles. The predicted octanol–water partition coefficient (Wildman–Crippen LogP) is 5.54. The summed E-state index contributed by atoms with van der Waals surface area (Å²) in [6.07, 6.45) is 10.5. The lowest BCUT2D eigenvalue weighted by Crippen LogP contribution is -2.41. The standard InChI is InChI=1S/C26H40N4O/c1-4-21-13-16-28(17-14-21)26-27-23-12-11-20(3)19-24(23)30(26)18-15-25(31)29(5-2)22-9-7-6-8-10-22/h11-12,19,21-22H,4-10,13-18H2,1-3H3. The summed E-state index contributed by atoms with van der Waals surface area (Å²) in [4.78, 5) is 22.8. The second-order valence-corrected chi connectivity index (χ2v) is 9.62. The fourth-order valence-corrected chi connectivity index (χ4v) is 5.61. The van der Waals surface area contributed by atoms with E-state index in [0.717, 1.165) is 37.0 Å². The van der Waals surface area contributed by atoms with E-state index in [9.17, 15) is 4.79 Å². The first kappa shape index (κ1) is 22.2. The number of aromatic nitrogens is 2. The van der Waals surface area contributed by atoms with E-state index in [0.29, 0.717) is 24.9 Å². The highest BCUT2D eigenvalue weighted by Gasteiger charge is 2.26. The van der Waals surface area contributed by atoms with E-state index in [1.165, 1.54) is 62.4 Å². The van der Waals surface area contributed by atoms with Crippen LogP contribution in [0.15, 0.2) is 18.2 Å². The zero-order chi connectivity index (χ0) is 21.8. The summed E-state index contributed by atoms with van der Waals surface area (Å²) in [6, 6.07) is 6.94. The van der Waals surface area contributed by atoms with Gasteiger partial charge in [-0.15, -0.1) is 0 Å². The van der Waals surface area contributed by atoms with Gasteiger partial charge in [0.1, 0.15) is 0 Å². The van der Waals surface area contributed by atoms with Crippen LogP contribution in [-0.2, 0) is 11.3 Å². The average Bonchev–Trinajstić information content (AvgIpc) is 3.16. The molecule has 1 saturated carbocycles. The van der Waals surface area contributed by atoms with Gasteiger partial charge < -0.3 is 14.4 Å². The number of nitrogens with zero attached hydrogens (tertiary/aromatic N) is 4. The molecule has 1 aliphatic carbocycles. The lowest BCUT2D eigenvalue weighted by Gasteiger charge is -2.34. The molecule has 1 aromatic carbocycles. The summed E-state index contributed by atoms with van der Waals surface area (Å²) >= 11 is 0. The molecule has 0 radical (unpaired) electrons. The van der Waals surface area contributed by atoms with Crippen LogP contribution in [0, 0.1) is 12.8 Å². The average molecular weight is 425 g/mol. The van der Waals surface area contributed by atoms with Crippen LogP contribution in [0.1, 0.15) is 77.2 Å². The molecule has 5 heteroatoms. The second-order valence-electron chi connectivity index (χ2n) is 9.62. The van der Waals surface area contributed by atoms with Crippen LogP contribution in [0.2, 0.25) is 0 Å². The maximum absolute atomic E-state index is 13.2. The van der Waals surface area contributed by atoms with Crippen LogP contribution in [0.3, 0.4) is 0 Å². The minimum absolute atomic E-state index is 0.305. The number of aryl methyl sites for hydroxylation is 2. The molecule has 1 aliphatic heterocycles. The molecule has 1 amide bonds. The molecule has 1 saturated heterocycles. The SMILES string of the molecule is CCC1CCN(c2nc3ccc(C)cc3n2CCC(=O)N(CC)C2CCCCC2)CC1. The third-order valence-electron chi connectivity index (χ3n) is 7.58. The van der Waals surface area contributed by atoms with Crippen molar-refractivity contribution in [3.8, 4) is 0 Å². The van der Waals surface area contributed by atoms with Gasteiger partial charge in [-0.1, -0.05) is 38.7 Å². The van der Waals surface area contributed by atoms with Gasteiger partial charge in [-0.25, -0.2) is 4.98 Å². The molecule has 31 heavy (non-hydrogen) atoms. The molecule has 0 bridgehead atoms. The molecular formula is C26H40N4O. The quantitative estimate of drug-likeness (QED) is 0.586. The zero-order valence-electron chi connectivity index (χ0n) is 19.8. The molecule has 0 unspecified atom stereocenters. The number of imidazole rings is 1. The highest BCUT2D eigenvalue weighted by Crippen LogP contribution is 2.29. The summed E-state index contributed by atoms with van der Waals surface area (Å²) in [7, 11) is 0. The first-order valence-corrected chi connectivity index (χ1v) is 12.6. The molecular weight excluding hydrogens is 384 g/mol. The van der Waals surface area contributed by atoms with Crippen LogP contribution < -0.4 is 4.90 Å². The van der Waals surface area contributed by atoms with Gasteiger partial charge in [-0.2, -0.15) is 0 Å². The molecule has 0 atom stereocenters. The van der Waals surface area contributed by atoms with E-state index >= 15 is 0 Å². The first-order chi connectivity index (χ1) is 15.1. The van der Waals surface area contributed by atoms with Crippen molar-refractivity contribution in [2.45, 2.75) is 91.1 Å². The van der Waals surface area contributed by atoms with Gasteiger partial charge in [0, 0.05) is 38.6 Å². The van der Waals surface area contributed by atoms with Crippen LogP contribution >= 0.6 is 0 Å². The normalized spacial score (nSPS) is 18.6. The predicted molar refractivity (Wildman–Crippen MR) is 129 cm³/mol. The van der Waals surface area contributed by atoms with Crippen molar-refractivity contribution in [3.63, 3.8) is 0 Å². The topological polar surface area (TPSA) is 41.4 Å². The van der Waals surface area contributed by atoms with E-state index in [-0.39, 0.29) is 0 Å². The number of hydrogen-bond acceptors (Lipinski definition) is 3. The molecule has 0 spiro atoms. The lowest BCUT2D eigenvalue weighted by atomic mass is 9.94. The number of piperidine rings is 1. The minimum atomic E-state index is 0.305. The maximum atomic E-state index is 13.2. The minimum Gasteiger partial charge on any atom is -0.342 e. The van der Waals surface area contributed by atoms with Gasteiger partial charge in [0.25, 0.3) is 0 Å². The van der Waals surface area contributed by atoms with Gasteiger partial charge in [0.2, 0.25) is 11.9 Å². The molecule has 2 aromatic rings. The molecule has 2 fully saturated rings. The Morgan fingerprint density at radius 1 is 1.10 bits per heavy atom. The van der Waals surface area contributed by atoms with Gasteiger partial charge in [-0.05, 0) is 63.1 Å². The summed E-state index contributed by atoms with van der Waals surface area (Å²) in [5, 5.41) is 0. The largest absolute Gasteiger partial charge is 0.342 e. The number of carbonyl (C=O) groups excluding carboxylic acids is 1. The molecule has 1 aromatic heterocycles. The Labute approximate surface area is 187 Å². The van der Waals surface area contributed by atoms with Crippen molar-refractivity contribution in [1.82, 2.24) is 14.5 Å². The Balaban J connectivity index is 1.54. The Morgan fingerprint density at radius 2 is 1.84 bits per heavy atom. The maximum Gasteiger partial charge on any atom is 0.224 e. The van der Waals surface area contributed by atoms with Crippen molar-refractivity contribution in [2.24, 2.45) is 5.92 Å². The molecule has 170 valence electrons. The van der Waals surface area contributed by atoms with E-state index in [4.69, 9.17) is 4.98 Å². The van der Waals surface area contributed by atoms with Gasteiger partial charge in [-0.3, -0.25) is 4.79 Å². The monoisotopic (exact) mass is 424 g/mol. The summed E-state index contributed by atoms with van der Waals surface area (Å²) in [5.41, 5.74) is 3.46. The molecule has 4 rings (SSSR count). The van der Waals surface area contributed by atoms with Crippen LogP contribution in [0.5, 0.6) is 0 Å². The van der Waals surface area contributed by atoms with Crippen molar-refractivity contribution in [2.75, 3.05) is 24.5 Å². The third-order valence-corrected chi connectivity index (χ3v) is 7.58. The summed E-state index contributed by atoms with van der Waals surface area (Å²) in [5.74, 6) is 2.20. The van der Waals surface area contributed by atoms with Gasteiger partial charge in [0.15, 0.2) is 0 Å². The fourth-order valence-electron chi connectivity index (χ4n) is 5.61. The molecule has 2 aliphatic rings. The first-order valence-electron chi connectivity index (χ1n) is 12.6. The van der Waals surface area contributed by atoms with Crippen molar-refractivity contribution >= 4 is 22.9 Å². The van der Waals surface area contributed by atoms with Gasteiger partial charge >= 0.3 is 0 Å². The highest BCUT2D eigenvalue weighted by atomic mass is 16.2. The molecule has 5 nitrogen and oxygen atoms in total. The summed E-state index contributed by atoms with van der Waals surface area (Å²) < 4.78 is 2.32. The highest BCUT2D eigenvalue weighted by molar-refractivity contribution is 5.81. The second kappa shape index (κ2) is 10.1. The Kier molecular flexibility index (Phi) is 7.19. The number of rotatable bonds is 7. The Bertz CT molecular complexity index is 875. The Morgan fingerprint density at radius 3 is 2.52 bits per heavy atom. The fraction of sp³-hybridized carbons (Fsp3) is 0.692. The Hall–Kier alpha value is -2.04. The van der Waals surface area contributed by atoms with Crippen LogP contribution in [0.25, 0.3) is 11.0 Å². The third kappa shape index (κ3) is 4.91. The van der Waals surface area contributed by atoms with Crippen molar-refractivity contribution in [1.29, 1.82) is 0 Å². The molecule has 0 N–H and O–H groups in total. The van der Waals surface area contributed by atoms with Crippen LogP contribution in [-0.4, -0.2) is 46.0 Å². The van der Waals surface area contributed by atoms with E-state index < -0.39 is 0 Å². The number of amides is 1. The number of hydrogen-bond donors (Lipinski definition) is 0. The number of anilines is 1. The zero-order valence-corrected chi connectivity index (χ0v) is 19.8. The number of carbonyl (C=O) groups is 1. The number of fused-ring (bicyclic) bond motifs is 1. The van der Waals surface area contributed by atoms with Crippen molar-refractivity contribution in [3.05, 3.63) is 23.8 Å². The number of benzene rings is 1. The van der Waals surface area contributed by atoms with E-state index in [1.807, 2.05) is 0 Å². The smallest absolute Gasteiger partial charge is 0.224 e. The van der Waals surface area contributed by atoms with E-state index in [2.05, 4.69) is 53.3 Å². The van der Waals surface area contributed by atoms with E-state index in [1.54, 1.807) is 0 Å². The van der Waals surface area contributed by atoms with Crippen LogP contribution in [0.4, 0.5) is 5.95 Å². The lowest BCUT2D eigenvalue weighted by molar-refractivity contribution is -0.134. The van der Waals surface area contributed by atoms with Gasteiger partial charge in [0.05, 0.1) is 11.0 Å². The van der Waals surface area contributed by atoms with Crippen molar-refractivity contribution < 1.29 is 4.79 Å².